The van der Waals surface area contributed by atoms with Crippen LogP contribution in [-0.4, -0.2) is 19.7 Å². The van der Waals surface area contributed by atoms with Gasteiger partial charge in [0.2, 0.25) is 0 Å². The Hall–Kier alpha value is -2.09. The van der Waals surface area contributed by atoms with Crippen molar-refractivity contribution in [2.75, 3.05) is 0 Å². The molecule has 0 N–H and O–H groups in total. The van der Waals surface area contributed by atoms with Gasteiger partial charge in [-0.05, 0) is 24.6 Å². The van der Waals surface area contributed by atoms with Crippen molar-refractivity contribution in [2.45, 2.75) is 24.4 Å². The van der Waals surface area contributed by atoms with E-state index in [1.165, 1.54) is 23.9 Å². The van der Waals surface area contributed by atoms with Crippen LogP contribution in [0.25, 0.3) is 11.4 Å². The predicted molar refractivity (Wildman–Crippen MR) is 104 cm³/mol. The summed E-state index contributed by atoms with van der Waals surface area (Å²) >= 11 is 13.5. The van der Waals surface area contributed by atoms with Crippen LogP contribution in [0.2, 0.25) is 10.0 Å². The standard InChI is InChI=1S/C17H14Cl2N4O2S/c1-2-22-16(12-4-3-5-13(9-12)23(24)25)20-21-17(22)26-10-11-6-7-14(18)15(19)8-11/h3-9H,2,10H2,1H3. The fraction of sp³-hybridized carbons (Fsp3) is 0.176. The fourth-order valence-corrected chi connectivity index (χ4v) is 3.70. The maximum Gasteiger partial charge on any atom is 0.270 e. The molecule has 1 heterocycles. The zero-order chi connectivity index (χ0) is 18.7. The molecule has 9 heteroatoms. The van der Waals surface area contributed by atoms with E-state index >= 15 is 0 Å². The van der Waals surface area contributed by atoms with Gasteiger partial charge in [0, 0.05) is 30.0 Å². The lowest BCUT2D eigenvalue weighted by molar-refractivity contribution is -0.384. The van der Waals surface area contributed by atoms with Crippen LogP contribution in [0.3, 0.4) is 0 Å². The lowest BCUT2D eigenvalue weighted by atomic mass is 10.2. The molecule has 0 bridgehead atoms. The van der Waals surface area contributed by atoms with E-state index in [2.05, 4.69) is 10.2 Å². The average Bonchev–Trinajstić information content (AvgIpc) is 3.05. The first kappa shape index (κ1) is 18.7. The van der Waals surface area contributed by atoms with E-state index in [9.17, 15) is 10.1 Å². The summed E-state index contributed by atoms with van der Waals surface area (Å²) in [4.78, 5) is 10.6. The Bertz CT molecular complexity index is 962. The molecule has 0 saturated heterocycles. The first-order chi connectivity index (χ1) is 12.5. The van der Waals surface area contributed by atoms with Crippen molar-refractivity contribution in [3.63, 3.8) is 0 Å². The van der Waals surface area contributed by atoms with Crippen molar-refractivity contribution in [1.29, 1.82) is 0 Å². The molecule has 0 amide bonds. The van der Waals surface area contributed by atoms with Gasteiger partial charge in [0.25, 0.3) is 5.69 Å². The summed E-state index contributed by atoms with van der Waals surface area (Å²) < 4.78 is 1.93. The molecule has 3 aromatic rings. The average molecular weight is 409 g/mol. The van der Waals surface area contributed by atoms with Crippen LogP contribution in [-0.2, 0) is 12.3 Å². The highest BCUT2D eigenvalue weighted by Gasteiger charge is 2.16. The lowest BCUT2D eigenvalue weighted by Gasteiger charge is -2.08. The Morgan fingerprint density at radius 2 is 1.96 bits per heavy atom. The third-order valence-electron chi connectivity index (χ3n) is 3.70. The van der Waals surface area contributed by atoms with E-state index in [1.54, 1.807) is 18.2 Å². The monoisotopic (exact) mass is 408 g/mol. The summed E-state index contributed by atoms with van der Waals surface area (Å²) in [6, 6.07) is 11.9. The number of thioether (sulfide) groups is 1. The van der Waals surface area contributed by atoms with Gasteiger partial charge >= 0.3 is 0 Å². The molecule has 0 spiro atoms. The Kier molecular flexibility index (Phi) is 5.80. The van der Waals surface area contributed by atoms with Gasteiger partial charge in [0.15, 0.2) is 11.0 Å². The maximum absolute atomic E-state index is 11.0. The van der Waals surface area contributed by atoms with Crippen LogP contribution in [0.1, 0.15) is 12.5 Å². The summed E-state index contributed by atoms with van der Waals surface area (Å²) in [5.41, 5.74) is 1.71. The van der Waals surface area contributed by atoms with Crippen LogP contribution in [0.15, 0.2) is 47.6 Å². The third kappa shape index (κ3) is 4.00. The lowest BCUT2D eigenvalue weighted by Crippen LogP contribution is -2.00. The van der Waals surface area contributed by atoms with Crippen LogP contribution < -0.4 is 0 Å². The molecular weight excluding hydrogens is 395 g/mol. The largest absolute Gasteiger partial charge is 0.302 e. The molecule has 0 atom stereocenters. The van der Waals surface area contributed by atoms with Crippen LogP contribution >= 0.6 is 35.0 Å². The smallest absolute Gasteiger partial charge is 0.270 e. The Morgan fingerprint density at radius 3 is 2.65 bits per heavy atom. The zero-order valence-electron chi connectivity index (χ0n) is 13.7. The van der Waals surface area contributed by atoms with E-state index in [1.807, 2.05) is 23.6 Å². The van der Waals surface area contributed by atoms with E-state index in [0.29, 0.717) is 33.7 Å². The van der Waals surface area contributed by atoms with Crippen molar-refractivity contribution in [3.8, 4) is 11.4 Å². The first-order valence-electron chi connectivity index (χ1n) is 7.74. The van der Waals surface area contributed by atoms with Gasteiger partial charge in [-0.2, -0.15) is 0 Å². The van der Waals surface area contributed by atoms with Gasteiger partial charge in [-0.15, -0.1) is 10.2 Å². The van der Waals surface area contributed by atoms with E-state index in [-0.39, 0.29) is 5.69 Å². The molecular formula is C17H14Cl2N4O2S. The van der Waals surface area contributed by atoms with Gasteiger partial charge in [-0.1, -0.05) is 53.2 Å². The summed E-state index contributed by atoms with van der Waals surface area (Å²) in [5.74, 6) is 1.26. The number of nitrogens with zero attached hydrogens (tertiary/aromatic N) is 4. The minimum Gasteiger partial charge on any atom is -0.302 e. The number of rotatable bonds is 6. The van der Waals surface area contributed by atoms with Crippen LogP contribution in [0, 0.1) is 10.1 Å². The number of hydrogen-bond acceptors (Lipinski definition) is 5. The molecule has 0 aliphatic carbocycles. The van der Waals surface area contributed by atoms with Crippen molar-refractivity contribution < 1.29 is 4.92 Å². The summed E-state index contributed by atoms with van der Waals surface area (Å²) in [7, 11) is 0. The second-order valence-electron chi connectivity index (χ2n) is 5.40. The van der Waals surface area contributed by atoms with Crippen molar-refractivity contribution in [2.24, 2.45) is 0 Å². The van der Waals surface area contributed by atoms with Gasteiger partial charge in [0.1, 0.15) is 0 Å². The van der Waals surface area contributed by atoms with Crippen molar-refractivity contribution >= 4 is 40.7 Å². The topological polar surface area (TPSA) is 73.8 Å². The SMILES string of the molecule is CCn1c(SCc2ccc(Cl)c(Cl)c2)nnc1-c1cccc([N+](=O)[O-])c1. The Labute approximate surface area is 164 Å². The molecule has 0 aliphatic rings. The highest BCUT2D eigenvalue weighted by atomic mass is 35.5. The molecule has 1 aromatic heterocycles. The predicted octanol–water partition coefficient (Wildman–Crippen LogP) is 5.47. The quantitative estimate of drug-likeness (QED) is 0.307. The number of non-ortho nitro benzene ring substituents is 1. The van der Waals surface area contributed by atoms with Gasteiger partial charge in [-0.3, -0.25) is 10.1 Å². The molecule has 6 nitrogen and oxygen atoms in total. The zero-order valence-corrected chi connectivity index (χ0v) is 16.1. The summed E-state index contributed by atoms with van der Waals surface area (Å²) in [6.07, 6.45) is 0. The molecule has 2 aromatic carbocycles. The molecule has 0 unspecified atom stereocenters. The minimum atomic E-state index is -0.421. The maximum atomic E-state index is 11.0. The molecule has 0 radical (unpaired) electrons. The first-order valence-corrected chi connectivity index (χ1v) is 9.48. The second kappa shape index (κ2) is 8.07. The Morgan fingerprint density at radius 1 is 1.15 bits per heavy atom. The van der Waals surface area contributed by atoms with Crippen LogP contribution in [0.4, 0.5) is 5.69 Å². The number of aromatic nitrogens is 3. The number of nitro benzene ring substituents is 1. The molecule has 0 saturated carbocycles. The van der Waals surface area contributed by atoms with Gasteiger partial charge < -0.3 is 4.57 Å². The minimum absolute atomic E-state index is 0.0261. The third-order valence-corrected chi connectivity index (χ3v) is 5.48. The highest BCUT2D eigenvalue weighted by molar-refractivity contribution is 7.98. The van der Waals surface area contributed by atoms with Crippen LogP contribution in [0.5, 0.6) is 0 Å². The number of hydrogen-bond donors (Lipinski definition) is 0. The molecule has 0 aliphatic heterocycles. The Balaban J connectivity index is 1.85. The second-order valence-corrected chi connectivity index (χ2v) is 7.15. The summed E-state index contributed by atoms with van der Waals surface area (Å²) in [6.45, 7) is 2.63. The van der Waals surface area contributed by atoms with E-state index in [4.69, 9.17) is 23.2 Å². The van der Waals surface area contributed by atoms with Gasteiger partial charge in [0.05, 0.1) is 15.0 Å². The van der Waals surface area contributed by atoms with E-state index in [0.717, 1.165) is 10.7 Å². The molecule has 3 rings (SSSR count). The highest BCUT2D eigenvalue weighted by Crippen LogP contribution is 2.30. The van der Waals surface area contributed by atoms with E-state index < -0.39 is 4.92 Å². The molecule has 0 fully saturated rings. The normalized spacial score (nSPS) is 10.9. The molecule has 134 valence electrons. The van der Waals surface area contributed by atoms with Crippen molar-refractivity contribution in [1.82, 2.24) is 14.8 Å². The fourth-order valence-electron chi connectivity index (χ4n) is 2.43. The molecule has 26 heavy (non-hydrogen) atoms. The number of halogens is 2. The van der Waals surface area contributed by atoms with Gasteiger partial charge in [-0.25, -0.2) is 0 Å². The summed E-state index contributed by atoms with van der Waals surface area (Å²) in [5, 5.41) is 21.2. The van der Waals surface area contributed by atoms with Crippen molar-refractivity contribution in [3.05, 3.63) is 68.2 Å². The number of benzene rings is 2. The number of nitro groups is 1.